The Morgan fingerprint density at radius 3 is 1.72 bits per heavy atom. The molecule has 0 radical (unpaired) electrons. The van der Waals surface area contributed by atoms with Crippen LogP contribution in [0, 0.1) is 10.1 Å². The molecule has 0 amide bonds. The van der Waals surface area contributed by atoms with Gasteiger partial charge in [-0.05, 0) is 11.1 Å². The van der Waals surface area contributed by atoms with Gasteiger partial charge < -0.3 is 20.1 Å². The summed E-state index contributed by atoms with van der Waals surface area (Å²) in [5, 5.41) is 18.7. The molecule has 0 saturated carbocycles. The maximum absolute atomic E-state index is 10.6. The van der Waals surface area contributed by atoms with Crippen LogP contribution < -0.4 is 10.6 Å². The van der Waals surface area contributed by atoms with E-state index in [1.54, 1.807) is 0 Å². The molecule has 0 aliphatic carbocycles. The summed E-state index contributed by atoms with van der Waals surface area (Å²) in [7, 11) is 0. The van der Waals surface area contributed by atoms with E-state index in [4.69, 9.17) is 9.47 Å². The van der Waals surface area contributed by atoms with Crippen LogP contribution >= 0.6 is 0 Å². The quantitative estimate of drug-likeness (QED) is 0.588. The second kappa shape index (κ2) is 8.22. The monoisotopic (exact) mass is 342 g/mol. The molecular weight excluding hydrogens is 324 g/mol. The first-order chi connectivity index (χ1) is 12.2. The van der Waals surface area contributed by atoms with Crippen molar-refractivity contribution in [2.75, 3.05) is 0 Å². The number of hydrogen-bond acceptors (Lipinski definition) is 4. The Morgan fingerprint density at radius 1 is 0.880 bits per heavy atom. The molecule has 130 valence electrons. The highest BCUT2D eigenvalue weighted by molar-refractivity contribution is 5.81. The molecule has 2 aromatic carbocycles. The first-order valence-corrected chi connectivity index (χ1v) is 7.78. The molecule has 1 aliphatic rings. The lowest BCUT2D eigenvalue weighted by molar-refractivity contribution is -0.485. The molecule has 1 fully saturated rings. The average Bonchev–Trinajstić information content (AvgIpc) is 3.01. The number of hydrazone groups is 1. The number of benzene rings is 2. The highest BCUT2D eigenvalue weighted by Gasteiger charge is 2.33. The van der Waals surface area contributed by atoms with Gasteiger partial charge >= 0.3 is 0 Å². The summed E-state index contributed by atoms with van der Waals surface area (Å²) in [6, 6.07) is 19.3. The molecule has 1 aliphatic heterocycles. The lowest BCUT2D eigenvalue weighted by Crippen LogP contribution is -2.37. The van der Waals surface area contributed by atoms with Gasteiger partial charge in [-0.25, -0.2) is 10.1 Å². The molecule has 0 bridgehead atoms. The van der Waals surface area contributed by atoms with Crippen molar-refractivity contribution in [3.63, 3.8) is 0 Å². The minimum Gasteiger partial charge on any atom is -0.349 e. The van der Waals surface area contributed by atoms with Gasteiger partial charge in [-0.15, -0.1) is 0 Å². The van der Waals surface area contributed by atoms with Crippen LogP contribution in [0.5, 0.6) is 0 Å². The van der Waals surface area contributed by atoms with Crippen LogP contribution in [0.1, 0.15) is 11.1 Å². The Morgan fingerprint density at radius 2 is 1.32 bits per heavy atom. The van der Waals surface area contributed by atoms with Crippen molar-refractivity contribution in [3.05, 3.63) is 81.9 Å². The summed E-state index contributed by atoms with van der Waals surface area (Å²) in [6.45, 7) is 0.689. The number of ether oxygens (including phenoxy) is 2. The Labute approximate surface area is 144 Å². The summed E-state index contributed by atoms with van der Waals surface area (Å²) < 4.78 is 11.6. The smallest absolute Gasteiger partial charge is 0.273 e. The first kappa shape index (κ1) is 16.9. The molecule has 25 heavy (non-hydrogen) atoms. The minimum atomic E-state index is -0.775. The van der Waals surface area contributed by atoms with E-state index in [1.165, 1.54) is 0 Å². The molecule has 8 nitrogen and oxygen atoms in total. The summed E-state index contributed by atoms with van der Waals surface area (Å²) in [4.78, 5) is 10.6. The van der Waals surface area contributed by atoms with Gasteiger partial charge in [0.05, 0.1) is 13.2 Å². The zero-order valence-corrected chi connectivity index (χ0v) is 13.4. The largest absolute Gasteiger partial charge is 0.349 e. The van der Waals surface area contributed by atoms with E-state index in [-0.39, 0.29) is 5.96 Å². The number of nitro groups is 1. The van der Waals surface area contributed by atoms with Gasteiger partial charge in [0.15, 0.2) is 17.5 Å². The Hall–Kier alpha value is -2.97. The third-order valence-corrected chi connectivity index (χ3v) is 3.56. The van der Waals surface area contributed by atoms with Crippen molar-refractivity contribution >= 4 is 5.96 Å². The Balaban J connectivity index is 1.62. The molecular formula is C17H18N4O4. The van der Waals surface area contributed by atoms with Gasteiger partial charge in [0.25, 0.3) is 5.96 Å². The summed E-state index contributed by atoms with van der Waals surface area (Å²) in [5.41, 5.74) is 1.98. The molecule has 3 rings (SSSR count). The van der Waals surface area contributed by atoms with E-state index in [2.05, 4.69) is 15.7 Å². The lowest BCUT2D eigenvalue weighted by Gasteiger charge is -2.19. The van der Waals surface area contributed by atoms with Gasteiger partial charge in [-0.1, -0.05) is 60.7 Å². The molecule has 2 atom stereocenters. The molecule has 2 aromatic rings. The fourth-order valence-corrected chi connectivity index (χ4v) is 2.38. The number of rotatable bonds is 7. The van der Waals surface area contributed by atoms with Crippen LogP contribution in [0.15, 0.2) is 65.8 Å². The van der Waals surface area contributed by atoms with Crippen molar-refractivity contribution < 1.29 is 14.5 Å². The third-order valence-electron chi connectivity index (χ3n) is 3.56. The zero-order chi connectivity index (χ0) is 17.5. The summed E-state index contributed by atoms with van der Waals surface area (Å²) in [6.07, 6.45) is -1.19. The maximum Gasteiger partial charge on any atom is 0.273 e. The van der Waals surface area contributed by atoms with E-state index in [0.29, 0.717) is 13.2 Å². The molecule has 2 N–H and O–H groups in total. The van der Waals surface area contributed by atoms with Crippen LogP contribution in [0.4, 0.5) is 0 Å². The molecule has 0 aromatic heterocycles. The van der Waals surface area contributed by atoms with Crippen molar-refractivity contribution in [2.24, 2.45) is 5.10 Å². The minimum absolute atomic E-state index is 0.0149. The zero-order valence-electron chi connectivity index (χ0n) is 13.4. The van der Waals surface area contributed by atoms with Crippen LogP contribution in [0.25, 0.3) is 0 Å². The van der Waals surface area contributed by atoms with Gasteiger partial charge in [0, 0.05) is 0 Å². The number of nitrogens with zero attached hydrogens (tertiary/aromatic N) is 2. The molecule has 0 unspecified atom stereocenters. The number of nitrogens with one attached hydrogen (secondary N) is 2. The molecule has 1 saturated heterocycles. The van der Waals surface area contributed by atoms with Crippen molar-refractivity contribution in [3.8, 4) is 0 Å². The topological polar surface area (TPSA) is 98.0 Å². The maximum atomic E-state index is 10.6. The second-order valence-electron chi connectivity index (χ2n) is 5.41. The van der Waals surface area contributed by atoms with Crippen molar-refractivity contribution in [1.29, 1.82) is 0 Å². The van der Waals surface area contributed by atoms with Gasteiger partial charge in [-0.2, -0.15) is 0 Å². The van der Waals surface area contributed by atoms with Crippen LogP contribution in [-0.2, 0) is 22.7 Å². The molecule has 0 spiro atoms. The fourth-order valence-electron chi connectivity index (χ4n) is 2.38. The van der Waals surface area contributed by atoms with E-state index >= 15 is 0 Å². The Kier molecular flexibility index (Phi) is 5.55. The Bertz CT molecular complexity index is 670. The summed E-state index contributed by atoms with van der Waals surface area (Å²) >= 11 is 0. The highest BCUT2D eigenvalue weighted by atomic mass is 16.7. The van der Waals surface area contributed by atoms with Crippen LogP contribution in [-0.4, -0.2) is 23.4 Å². The molecule has 1 heterocycles. The van der Waals surface area contributed by atoms with E-state index < -0.39 is 17.5 Å². The van der Waals surface area contributed by atoms with E-state index in [0.717, 1.165) is 11.1 Å². The van der Waals surface area contributed by atoms with Crippen molar-refractivity contribution in [2.45, 2.75) is 25.7 Å². The first-order valence-electron chi connectivity index (χ1n) is 7.78. The normalized spacial score (nSPS) is 19.1. The lowest BCUT2D eigenvalue weighted by atomic mass is 10.2. The van der Waals surface area contributed by atoms with Gasteiger partial charge in [0.1, 0.15) is 5.10 Å². The predicted molar refractivity (Wildman–Crippen MR) is 90.7 cm³/mol. The average molecular weight is 342 g/mol. The second-order valence-corrected chi connectivity index (χ2v) is 5.41. The van der Waals surface area contributed by atoms with Crippen LogP contribution in [0.2, 0.25) is 0 Å². The fraction of sp³-hybridized carbons (Fsp3) is 0.235. The van der Waals surface area contributed by atoms with E-state index in [9.17, 15) is 10.1 Å². The number of hydrogen-bond donors (Lipinski definition) is 2. The summed E-state index contributed by atoms with van der Waals surface area (Å²) in [5.74, 6) is 0.0149. The standard InChI is InChI=1S/C17H18N4O4/c22-21(23)20-17-18-15(24-11-13-7-3-1-4-8-13)16(19-17)25-12-14-9-5-2-6-10-14/h1-10,15-16H,11-12H2,(H2,18,19,20)/t15-,16-/m1/s1. The van der Waals surface area contributed by atoms with Crippen molar-refractivity contribution in [1.82, 2.24) is 10.6 Å². The van der Waals surface area contributed by atoms with Crippen LogP contribution in [0.3, 0.4) is 0 Å². The SMILES string of the molecule is O=[N+]([O-])N=C1N[C@H](OCc2ccccc2)[C@@H](OCc2ccccc2)N1. The molecule has 8 heteroatoms. The van der Waals surface area contributed by atoms with Gasteiger partial charge in [0.2, 0.25) is 0 Å². The number of guanidine groups is 1. The van der Waals surface area contributed by atoms with E-state index in [1.807, 2.05) is 60.7 Å². The third kappa shape index (κ3) is 5.00. The van der Waals surface area contributed by atoms with Gasteiger partial charge in [-0.3, -0.25) is 0 Å². The predicted octanol–water partition coefficient (Wildman–Crippen LogP) is 1.81. The highest BCUT2D eigenvalue weighted by Crippen LogP contribution is 2.12.